The Morgan fingerprint density at radius 1 is 0.957 bits per heavy atom. The van der Waals surface area contributed by atoms with Gasteiger partial charge in [-0.3, -0.25) is 0 Å². The Labute approximate surface area is 144 Å². The summed E-state index contributed by atoms with van der Waals surface area (Å²) in [5, 5.41) is 3.64. The molecule has 23 heavy (non-hydrogen) atoms. The number of hydrogen-bond donors (Lipinski definition) is 0. The van der Waals surface area contributed by atoms with Crippen LogP contribution in [0.4, 0.5) is 0 Å². The van der Waals surface area contributed by atoms with Crippen LogP contribution < -0.4 is 0 Å². The smallest absolute Gasteiger partial charge is 0.156 e. The van der Waals surface area contributed by atoms with Gasteiger partial charge in [-0.2, -0.15) is 0 Å². The lowest BCUT2D eigenvalue weighted by molar-refractivity contribution is 0.0342. The maximum absolute atomic E-state index is 6.09. The molecule has 2 fully saturated rings. The Hall–Kier alpha value is -1.03. The molecule has 2 aromatic carbocycles. The van der Waals surface area contributed by atoms with E-state index in [4.69, 9.17) is 4.74 Å². The van der Waals surface area contributed by atoms with Gasteiger partial charge in [0, 0.05) is 37.1 Å². The van der Waals surface area contributed by atoms with Crippen LogP contribution >= 0.6 is 11.3 Å². The van der Waals surface area contributed by atoms with Gasteiger partial charge in [-0.05, 0) is 37.5 Å². The molecule has 0 spiro atoms. The molecule has 1 saturated carbocycles. The van der Waals surface area contributed by atoms with Crippen LogP contribution in [0.3, 0.4) is 0 Å². The van der Waals surface area contributed by atoms with Crippen LogP contribution in [-0.2, 0) is 15.6 Å². The van der Waals surface area contributed by atoms with Crippen LogP contribution in [0.5, 0.6) is 0 Å². The fraction of sp³-hybridized carbons (Fsp3) is 0.400. The molecule has 1 aromatic heterocycles. The third-order valence-electron chi connectivity index (χ3n) is 5.29. The minimum absolute atomic E-state index is 0.372. The summed E-state index contributed by atoms with van der Waals surface area (Å²) in [4.78, 5) is 1.57. The molecule has 1 aliphatic carbocycles. The Kier molecular flexibility index (Phi) is 3.61. The number of benzene rings is 2. The molecule has 1 aliphatic heterocycles. The summed E-state index contributed by atoms with van der Waals surface area (Å²) in [6.07, 6.45) is 5.90. The van der Waals surface area contributed by atoms with Gasteiger partial charge in [0.2, 0.25) is 0 Å². The van der Waals surface area contributed by atoms with Crippen LogP contribution in [-0.4, -0.2) is 23.7 Å². The van der Waals surface area contributed by atoms with Gasteiger partial charge in [-0.15, -0.1) is 11.3 Å². The SMILES string of the molecule is c1ccc2c(c1)sc1ccc([S+]3CCOC4CCCCC43)cc12. The van der Waals surface area contributed by atoms with Crippen molar-refractivity contribution in [3.05, 3.63) is 42.5 Å². The van der Waals surface area contributed by atoms with E-state index in [2.05, 4.69) is 42.5 Å². The number of rotatable bonds is 1. The van der Waals surface area contributed by atoms with Gasteiger partial charge < -0.3 is 4.74 Å². The lowest BCUT2D eigenvalue weighted by atomic mass is 9.97. The van der Waals surface area contributed by atoms with E-state index in [9.17, 15) is 0 Å². The molecular weight excluding hydrogens is 320 g/mol. The van der Waals surface area contributed by atoms with Crippen LogP contribution in [0.2, 0.25) is 0 Å². The summed E-state index contributed by atoms with van der Waals surface area (Å²) < 4.78 is 8.92. The summed E-state index contributed by atoms with van der Waals surface area (Å²) in [7, 11) is 0.372. The van der Waals surface area contributed by atoms with Gasteiger partial charge >= 0.3 is 0 Å². The molecule has 118 valence electrons. The molecule has 5 rings (SSSR count). The van der Waals surface area contributed by atoms with Crippen LogP contribution in [0.15, 0.2) is 47.4 Å². The second-order valence-electron chi connectivity index (χ2n) is 6.62. The predicted molar refractivity (Wildman–Crippen MR) is 102 cm³/mol. The fourth-order valence-corrected chi connectivity index (χ4v) is 7.98. The van der Waals surface area contributed by atoms with Crippen molar-refractivity contribution in [1.82, 2.24) is 0 Å². The Bertz CT molecular complexity index is 851. The Morgan fingerprint density at radius 2 is 1.83 bits per heavy atom. The topological polar surface area (TPSA) is 9.23 Å². The summed E-state index contributed by atoms with van der Waals surface area (Å²) >= 11 is 1.92. The van der Waals surface area contributed by atoms with Gasteiger partial charge in [0.25, 0.3) is 0 Å². The molecule has 2 heterocycles. The van der Waals surface area contributed by atoms with Crippen LogP contribution in [0.25, 0.3) is 20.2 Å². The highest BCUT2D eigenvalue weighted by Gasteiger charge is 2.44. The summed E-state index contributed by atoms with van der Waals surface area (Å²) in [5.41, 5.74) is 0. The molecular formula is C20H21OS2+. The van der Waals surface area contributed by atoms with E-state index in [0.29, 0.717) is 17.0 Å². The maximum atomic E-state index is 6.09. The molecule has 0 amide bonds. The van der Waals surface area contributed by atoms with Crippen molar-refractivity contribution in [3.8, 4) is 0 Å². The molecule has 3 atom stereocenters. The molecule has 1 nitrogen and oxygen atoms in total. The standard InChI is InChI=1S/C20H21OS2/c1-3-7-18-15(5-1)16-13-14(9-10-19(16)22-18)23-12-11-21-17-6-2-4-8-20(17)23/h1,3,5,7,9-10,13,17,20H,2,4,6,8,11-12H2/q+1. The highest BCUT2D eigenvalue weighted by atomic mass is 32.2. The molecule has 3 unspecified atom stereocenters. The highest BCUT2D eigenvalue weighted by molar-refractivity contribution is 7.97. The second-order valence-corrected chi connectivity index (χ2v) is 10.0. The minimum atomic E-state index is 0.372. The zero-order valence-electron chi connectivity index (χ0n) is 13.2. The van der Waals surface area contributed by atoms with Gasteiger partial charge in [0.1, 0.15) is 17.1 Å². The summed E-state index contributed by atoms with van der Waals surface area (Å²) in [5.74, 6) is 1.22. The van der Waals surface area contributed by atoms with Gasteiger partial charge in [0.15, 0.2) is 4.90 Å². The number of thiophene rings is 1. The Morgan fingerprint density at radius 3 is 2.83 bits per heavy atom. The largest absolute Gasteiger partial charge is 0.368 e. The molecule has 3 heteroatoms. The van der Waals surface area contributed by atoms with E-state index in [1.54, 1.807) is 4.90 Å². The van der Waals surface area contributed by atoms with Gasteiger partial charge in [0.05, 0.1) is 6.61 Å². The van der Waals surface area contributed by atoms with Gasteiger partial charge in [-0.25, -0.2) is 0 Å². The van der Waals surface area contributed by atoms with Gasteiger partial charge in [-0.1, -0.05) is 24.6 Å². The van der Waals surface area contributed by atoms with E-state index in [0.717, 1.165) is 11.9 Å². The Balaban J connectivity index is 1.60. The van der Waals surface area contributed by atoms with E-state index < -0.39 is 0 Å². The molecule has 1 saturated heterocycles. The first-order valence-electron chi connectivity index (χ1n) is 8.63. The first-order chi connectivity index (χ1) is 11.4. The second kappa shape index (κ2) is 5.80. The van der Waals surface area contributed by atoms with Crippen molar-refractivity contribution in [3.63, 3.8) is 0 Å². The lowest BCUT2D eigenvalue weighted by Gasteiger charge is -2.34. The monoisotopic (exact) mass is 341 g/mol. The number of hydrogen-bond acceptors (Lipinski definition) is 2. The van der Waals surface area contributed by atoms with Crippen molar-refractivity contribution >= 4 is 42.4 Å². The average molecular weight is 342 g/mol. The lowest BCUT2D eigenvalue weighted by Crippen LogP contribution is -2.45. The normalized spacial score (nSPS) is 28.1. The summed E-state index contributed by atoms with van der Waals surface area (Å²) in [6, 6.07) is 16.1. The highest BCUT2D eigenvalue weighted by Crippen LogP contribution is 2.39. The predicted octanol–water partition coefficient (Wildman–Crippen LogP) is 5.37. The van der Waals surface area contributed by atoms with E-state index >= 15 is 0 Å². The summed E-state index contributed by atoms with van der Waals surface area (Å²) in [6.45, 7) is 0.951. The third-order valence-corrected chi connectivity index (χ3v) is 9.18. The van der Waals surface area contributed by atoms with E-state index in [1.807, 2.05) is 11.3 Å². The first kappa shape index (κ1) is 14.3. The molecule has 3 aromatic rings. The van der Waals surface area contributed by atoms with Crippen molar-refractivity contribution in [2.24, 2.45) is 0 Å². The van der Waals surface area contributed by atoms with Crippen molar-refractivity contribution < 1.29 is 4.74 Å². The molecule has 0 N–H and O–H groups in total. The average Bonchev–Trinajstić information content (AvgIpc) is 2.99. The first-order valence-corrected chi connectivity index (χ1v) is 10.9. The zero-order valence-corrected chi connectivity index (χ0v) is 14.8. The minimum Gasteiger partial charge on any atom is -0.368 e. The van der Waals surface area contributed by atoms with Crippen molar-refractivity contribution in [1.29, 1.82) is 0 Å². The number of ether oxygens (including phenoxy) is 1. The van der Waals surface area contributed by atoms with Crippen LogP contribution in [0, 0.1) is 0 Å². The zero-order chi connectivity index (χ0) is 15.2. The van der Waals surface area contributed by atoms with Crippen LogP contribution in [0.1, 0.15) is 25.7 Å². The fourth-order valence-electron chi connectivity index (χ4n) is 4.18. The third kappa shape index (κ3) is 2.41. The molecule has 0 bridgehead atoms. The van der Waals surface area contributed by atoms with E-state index in [1.165, 1.54) is 51.6 Å². The van der Waals surface area contributed by atoms with Crippen molar-refractivity contribution in [2.45, 2.75) is 41.9 Å². The van der Waals surface area contributed by atoms with E-state index in [-0.39, 0.29) is 0 Å². The molecule has 2 aliphatic rings. The number of fused-ring (bicyclic) bond motifs is 4. The quantitative estimate of drug-likeness (QED) is 0.540. The maximum Gasteiger partial charge on any atom is 0.156 e. The van der Waals surface area contributed by atoms with Crippen molar-refractivity contribution in [2.75, 3.05) is 12.4 Å². The molecule has 0 radical (unpaired) electrons.